The molecule has 0 bridgehead atoms. The monoisotopic (exact) mass is 659 g/mol. The number of fused-ring (bicyclic) bond motifs is 1. The van der Waals surface area contributed by atoms with Crippen LogP contribution in [0.1, 0.15) is 37.4 Å². The quantitative estimate of drug-likeness (QED) is 0.262. The number of ether oxygens (including phenoxy) is 1. The Hall–Kier alpha value is -2.93. The molecule has 10 nitrogen and oxygen atoms in total. The zero-order chi connectivity index (χ0) is 29.7. The molecular formula is C30H38BrN5O5S. The lowest BCUT2D eigenvalue weighted by Gasteiger charge is -2.33. The SMILES string of the molecule is CCS(=O)(=O)c1ccc(OCC(=O)O)c(NC2CCN(CCCn3nc(-c4ccc(Br)cc4)c4c3CCNC4)CC2)c1. The van der Waals surface area contributed by atoms with E-state index < -0.39 is 22.4 Å². The molecule has 12 heteroatoms. The largest absolute Gasteiger partial charge is 0.480 e. The maximum absolute atomic E-state index is 12.5. The van der Waals surface area contributed by atoms with Gasteiger partial charge in [0.2, 0.25) is 0 Å². The first kappa shape index (κ1) is 30.5. The molecule has 2 aliphatic rings. The van der Waals surface area contributed by atoms with Gasteiger partial charge in [-0.3, -0.25) is 4.68 Å². The van der Waals surface area contributed by atoms with Crippen molar-refractivity contribution in [3.8, 4) is 17.0 Å². The number of likely N-dealkylation sites (tertiary alicyclic amines) is 1. The van der Waals surface area contributed by atoms with Gasteiger partial charge in [0.25, 0.3) is 0 Å². The third-order valence-electron chi connectivity index (χ3n) is 7.96. The first-order valence-electron chi connectivity index (χ1n) is 14.5. The number of carbonyl (C=O) groups is 1. The Morgan fingerprint density at radius 2 is 1.93 bits per heavy atom. The highest BCUT2D eigenvalue weighted by Crippen LogP contribution is 2.31. The number of aromatic nitrogens is 2. The Morgan fingerprint density at radius 1 is 1.17 bits per heavy atom. The average Bonchev–Trinajstić information content (AvgIpc) is 3.36. The lowest BCUT2D eigenvalue weighted by Crippen LogP contribution is -2.39. The number of sulfone groups is 1. The highest BCUT2D eigenvalue weighted by Gasteiger charge is 2.24. The number of anilines is 1. The third-order valence-corrected chi connectivity index (χ3v) is 10.2. The summed E-state index contributed by atoms with van der Waals surface area (Å²) < 4.78 is 33.6. The number of aryl methyl sites for hydroxylation is 1. The van der Waals surface area contributed by atoms with Crippen molar-refractivity contribution >= 4 is 37.4 Å². The molecule has 3 aromatic rings. The van der Waals surface area contributed by atoms with E-state index in [1.807, 2.05) is 0 Å². The molecule has 42 heavy (non-hydrogen) atoms. The molecule has 0 saturated carbocycles. The fourth-order valence-electron chi connectivity index (χ4n) is 5.66. The van der Waals surface area contributed by atoms with Crippen LogP contribution >= 0.6 is 15.9 Å². The van der Waals surface area contributed by atoms with Gasteiger partial charge < -0.3 is 25.4 Å². The first-order valence-corrected chi connectivity index (χ1v) is 16.9. The number of rotatable bonds is 12. The second kappa shape index (κ2) is 13.6. The van der Waals surface area contributed by atoms with Crippen molar-refractivity contribution in [3.63, 3.8) is 0 Å². The van der Waals surface area contributed by atoms with Crippen molar-refractivity contribution in [2.75, 3.05) is 43.9 Å². The molecular weight excluding hydrogens is 622 g/mol. The average molecular weight is 661 g/mol. The highest BCUT2D eigenvalue weighted by molar-refractivity contribution is 9.10. The summed E-state index contributed by atoms with van der Waals surface area (Å²) in [6.07, 6.45) is 3.76. The van der Waals surface area contributed by atoms with Gasteiger partial charge in [-0.2, -0.15) is 5.10 Å². The number of nitrogens with one attached hydrogen (secondary N) is 2. The molecule has 226 valence electrons. The molecule has 5 rings (SSSR count). The van der Waals surface area contributed by atoms with Gasteiger partial charge in [-0.05, 0) is 56.1 Å². The van der Waals surface area contributed by atoms with E-state index in [1.54, 1.807) is 13.0 Å². The summed E-state index contributed by atoms with van der Waals surface area (Å²) in [5, 5.41) is 21.0. The molecule has 2 aliphatic heterocycles. The zero-order valence-corrected chi connectivity index (χ0v) is 26.2. The number of hydrogen-bond acceptors (Lipinski definition) is 8. The Morgan fingerprint density at radius 3 is 2.64 bits per heavy atom. The van der Waals surface area contributed by atoms with Gasteiger partial charge in [-0.15, -0.1) is 0 Å². The van der Waals surface area contributed by atoms with E-state index in [4.69, 9.17) is 14.9 Å². The molecule has 0 unspecified atom stereocenters. The number of benzene rings is 2. The van der Waals surface area contributed by atoms with Crippen LogP contribution in [0.25, 0.3) is 11.3 Å². The summed E-state index contributed by atoms with van der Waals surface area (Å²) in [4.78, 5) is 13.7. The number of carboxylic acid groups (broad SMARTS) is 1. The van der Waals surface area contributed by atoms with Gasteiger partial charge in [-0.1, -0.05) is 35.0 Å². The molecule has 1 aromatic heterocycles. The van der Waals surface area contributed by atoms with E-state index in [-0.39, 0.29) is 16.7 Å². The summed E-state index contributed by atoms with van der Waals surface area (Å²) in [5.41, 5.74) is 5.37. The number of aliphatic carboxylic acids is 1. The van der Waals surface area contributed by atoms with Crippen LogP contribution in [0.5, 0.6) is 5.75 Å². The molecule has 3 heterocycles. The zero-order valence-electron chi connectivity index (χ0n) is 23.8. The molecule has 1 saturated heterocycles. The molecule has 3 N–H and O–H groups in total. The van der Waals surface area contributed by atoms with E-state index >= 15 is 0 Å². The van der Waals surface area contributed by atoms with Gasteiger partial charge in [0.15, 0.2) is 16.4 Å². The van der Waals surface area contributed by atoms with E-state index in [1.165, 1.54) is 23.4 Å². The summed E-state index contributed by atoms with van der Waals surface area (Å²) in [5.74, 6) is -0.754. The maximum Gasteiger partial charge on any atom is 0.341 e. The molecule has 0 spiro atoms. The van der Waals surface area contributed by atoms with Crippen LogP contribution in [0.2, 0.25) is 0 Å². The Kier molecular flexibility index (Phi) is 9.87. The van der Waals surface area contributed by atoms with Gasteiger partial charge >= 0.3 is 5.97 Å². The van der Waals surface area contributed by atoms with Gasteiger partial charge in [0, 0.05) is 66.5 Å². The van der Waals surface area contributed by atoms with Crippen LogP contribution in [-0.4, -0.2) is 78.8 Å². The van der Waals surface area contributed by atoms with Crippen molar-refractivity contribution in [1.82, 2.24) is 20.0 Å². The number of hydrogen-bond donors (Lipinski definition) is 3. The van der Waals surface area contributed by atoms with Crippen LogP contribution in [0, 0.1) is 0 Å². The normalized spacial score (nSPS) is 16.2. The van der Waals surface area contributed by atoms with Crippen LogP contribution in [0.15, 0.2) is 51.8 Å². The van der Waals surface area contributed by atoms with Crippen LogP contribution in [-0.2, 0) is 34.1 Å². The lowest BCUT2D eigenvalue weighted by molar-refractivity contribution is -0.139. The van der Waals surface area contributed by atoms with Crippen molar-refractivity contribution < 1.29 is 23.1 Å². The summed E-state index contributed by atoms with van der Waals surface area (Å²) in [7, 11) is -3.41. The number of piperidine rings is 1. The van der Waals surface area contributed by atoms with E-state index in [9.17, 15) is 13.2 Å². The van der Waals surface area contributed by atoms with Gasteiger partial charge in [-0.25, -0.2) is 13.2 Å². The van der Waals surface area contributed by atoms with E-state index in [2.05, 4.69) is 60.4 Å². The number of carboxylic acids is 1. The van der Waals surface area contributed by atoms with Crippen molar-refractivity contribution in [2.24, 2.45) is 0 Å². The predicted molar refractivity (Wildman–Crippen MR) is 166 cm³/mol. The smallest absolute Gasteiger partial charge is 0.341 e. The molecule has 0 radical (unpaired) electrons. The minimum absolute atomic E-state index is 0.00999. The Labute approximate surface area is 255 Å². The first-order chi connectivity index (χ1) is 20.2. The number of nitrogens with zero attached hydrogens (tertiary/aromatic N) is 3. The molecule has 2 aromatic carbocycles. The van der Waals surface area contributed by atoms with Crippen LogP contribution < -0.4 is 15.4 Å². The standard InChI is InChI=1S/C30H38BrN5O5S/c1-2-42(39,40)24-8-9-28(41-20-29(37)38)26(18-24)33-23-11-16-35(17-12-23)14-3-15-36-27-10-13-32-19-25(27)30(34-36)21-4-6-22(31)7-5-21/h4-9,18,23,32-33H,2-3,10-17,19-20H2,1H3,(H,37,38). The summed E-state index contributed by atoms with van der Waals surface area (Å²) in [6.45, 7) is 6.61. The lowest BCUT2D eigenvalue weighted by atomic mass is 10.0. The molecule has 1 fully saturated rings. The maximum atomic E-state index is 12.5. The number of halogens is 1. The van der Waals surface area contributed by atoms with Crippen molar-refractivity contribution in [1.29, 1.82) is 0 Å². The molecule has 0 atom stereocenters. The summed E-state index contributed by atoms with van der Waals surface area (Å²) >= 11 is 3.52. The van der Waals surface area contributed by atoms with Gasteiger partial charge in [0.05, 0.1) is 22.0 Å². The van der Waals surface area contributed by atoms with E-state index in [0.717, 1.165) is 80.7 Å². The Bertz CT molecular complexity index is 1500. The highest BCUT2D eigenvalue weighted by atomic mass is 79.9. The third kappa shape index (κ3) is 7.34. The fourth-order valence-corrected chi connectivity index (χ4v) is 6.83. The van der Waals surface area contributed by atoms with Crippen molar-refractivity contribution in [2.45, 2.75) is 56.6 Å². The molecule has 0 amide bonds. The topological polar surface area (TPSA) is 126 Å². The fraction of sp³-hybridized carbons (Fsp3) is 0.467. The predicted octanol–water partition coefficient (Wildman–Crippen LogP) is 4.18. The minimum atomic E-state index is -3.41. The van der Waals surface area contributed by atoms with E-state index in [0.29, 0.717) is 11.4 Å². The minimum Gasteiger partial charge on any atom is -0.480 e. The summed E-state index contributed by atoms with van der Waals surface area (Å²) in [6, 6.07) is 13.0. The van der Waals surface area contributed by atoms with Crippen molar-refractivity contribution in [3.05, 3.63) is 58.2 Å². The second-order valence-corrected chi connectivity index (χ2v) is 14.0. The Balaban J connectivity index is 1.17. The van der Waals surface area contributed by atoms with Crippen LogP contribution in [0.4, 0.5) is 5.69 Å². The molecule has 0 aliphatic carbocycles. The van der Waals surface area contributed by atoms with Gasteiger partial charge in [0.1, 0.15) is 5.75 Å². The second-order valence-electron chi connectivity index (χ2n) is 10.8. The van der Waals surface area contributed by atoms with Crippen LogP contribution in [0.3, 0.4) is 0 Å².